The van der Waals surface area contributed by atoms with Gasteiger partial charge in [-0.1, -0.05) is 35.9 Å². The number of benzene rings is 2. The number of aliphatic hydroxyl groups is 1. The topological polar surface area (TPSA) is 74.5 Å². The van der Waals surface area contributed by atoms with Crippen LogP contribution in [-0.2, 0) is 6.42 Å². The number of aromatic nitrogens is 2. The van der Waals surface area contributed by atoms with Crippen molar-refractivity contribution in [1.82, 2.24) is 20.4 Å². The highest BCUT2D eigenvalue weighted by atomic mass is 127. The summed E-state index contributed by atoms with van der Waals surface area (Å²) in [5.74, 6) is 0.689. The van der Waals surface area contributed by atoms with Gasteiger partial charge in [0.25, 0.3) is 0 Å². The van der Waals surface area contributed by atoms with Gasteiger partial charge in [0.2, 0.25) is 0 Å². The Morgan fingerprint density at radius 2 is 1.87 bits per heavy atom. The molecule has 1 unspecified atom stereocenters. The molecule has 0 aliphatic rings. The summed E-state index contributed by atoms with van der Waals surface area (Å²) >= 11 is 5.89. The summed E-state index contributed by atoms with van der Waals surface area (Å²) in [6.07, 6.45) is 3.89. The molecule has 8 heteroatoms. The van der Waals surface area contributed by atoms with Crippen LogP contribution in [0.5, 0.6) is 0 Å². The lowest BCUT2D eigenvalue weighted by Crippen LogP contribution is -2.38. The molecule has 30 heavy (non-hydrogen) atoms. The number of halogens is 2. The predicted octanol–water partition coefficient (Wildman–Crippen LogP) is 3.97. The van der Waals surface area contributed by atoms with Crippen LogP contribution in [0.1, 0.15) is 24.2 Å². The van der Waals surface area contributed by atoms with E-state index in [1.807, 2.05) is 36.0 Å². The second-order valence-electron chi connectivity index (χ2n) is 6.58. The zero-order chi connectivity index (χ0) is 20.5. The van der Waals surface area contributed by atoms with Crippen molar-refractivity contribution in [3.63, 3.8) is 0 Å². The van der Waals surface area contributed by atoms with Gasteiger partial charge in [-0.3, -0.25) is 4.99 Å². The van der Waals surface area contributed by atoms with Crippen LogP contribution >= 0.6 is 35.6 Å². The molecule has 6 nitrogen and oxygen atoms in total. The minimum atomic E-state index is -0.669. The van der Waals surface area contributed by atoms with Gasteiger partial charge in [-0.15, -0.1) is 24.0 Å². The van der Waals surface area contributed by atoms with Gasteiger partial charge < -0.3 is 15.7 Å². The van der Waals surface area contributed by atoms with Crippen molar-refractivity contribution in [1.29, 1.82) is 0 Å². The van der Waals surface area contributed by atoms with E-state index in [4.69, 9.17) is 11.6 Å². The van der Waals surface area contributed by atoms with Crippen LogP contribution in [0.3, 0.4) is 0 Å². The summed E-state index contributed by atoms with van der Waals surface area (Å²) in [5, 5.41) is 21.7. The van der Waals surface area contributed by atoms with Crippen molar-refractivity contribution in [3.05, 3.63) is 83.1 Å². The molecule has 3 N–H and O–H groups in total. The number of rotatable bonds is 8. The van der Waals surface area contributed by atoms with Crippen molar-refractivity contribution >= 4 is 41.5 Å². The number of aliphatic imine (C=N–C) groups is 1. The molecule has 0 aliphatic carbocycles. The van der Waals surface area contributed by atoms with E-state index in [0.29, 0.717) is 11.0 Å². The summed E-state index contributed by atoms with van der Waals surface area (Å²) in [5.41, 5.74) is 3.06. The third-order valence-corrected chi connectivity index (χ3v) is 4.68. The fraction of sp³-hybridized carbons (Fsp3) is 0.273. The molecule has 1 aromatic heterocycles. The van der Waals surface area contributed by atoms with Crippen LogP contribution in [0.4, 0.5) is 0 Å². The zero-order valence-corrected chi connectivity index (χ0v) is 19.9. The molecule has 160 valence electrons. The Kier molecular flexibility index (Phi) is 10.1. The van der Waals surface area contributed by atoms with E-state index < -0.39 is 6.10 Å². The molecule has 0 spiro atoms. The van der Waals surface area contributed by atoms with Gasteiger partial charge >= 0.3 is 0 Å². The number of aliphatic hydroxyl groups excluding tert-OH is 1. The van der Waals surface area contributed by atoms with Crippen LogP contribution in [-0.4, -0.2) is 40.5 Å². The number of nitrogens with one attached hydrogen (secondary N) is 2. The highest BCUT2D eigenvalue weighted by molar-refractivity contribution is 14.0. The molecule has 1 heterocycles. The maximum absolute atomic E-state index is 10.3. The lowest BCUT2D eigenvalue weighted by molar-refractivity contribution is 0.187. The molecule has 0 radical (unpaired) electrons. The fourth-order valence-electron chi connectivity index (χ4n) is 2.87. The molecule has 3 rings (SSSR count). The van der Waals surface area contributed by atoms with Gasteiger partial charge in [0, 0.05) is 30.5 Å². The number of hydrogen-bond donors (Lipinski definition) is 3. The Morgan fingerprint density at radius 3 is 2.50 bits per heavy atom. The molecule has 0 amide bonds. The normalized spacial score (nSPS) is 12.2. The van der Waals surface area contributed by atoms with E-state index in [9.17, 15) is 5.11 Å². The van der Waals surface area contributed by atoms with Crippen molar-refractivity contribution in [2.24, 2.45) is 4.99 Å². The SMILES string of the molecule is CCNC(=NCC(O)c1ccc(Cl)cc1)NCCc1ccc(-n2cccn2)cc1.I. The smallest absolute Gasteiger partial charge is 0.191 e. The summed E-state index contributed by atoms with van der Waals surface area (Å²) in [7, 11) is 0. The lowest BCUT2D eigenvalue weighted by Gasteiger charge is -2.13. The minimum Gasteiger partial charge on any atom is -0.386 e. The molecular formula is C22H27ClIN5O. The molecule has 2 aromatic carbocycles. The van der Waals surface area contributed by atoms with Crippen molar-refractivity contribution < 1.29 is 5.11 Å². The second-order valence-corrected chi connectivity index (χ2v) is 7.02. The first-order valence-corrected chi connectivity index (χ1v) is 10.1. The Bertz CT molecular complexity index is 898. The zero-order valence-electron chi connectivity index (χ0n) is 16.8. The van der Waals surface area contributed by atoms with Gasteiger partial charge in [0.15, 0.2) is 5.96 Å². The van der Waals surface area contributed by atoms with E-state index in [1.54, 1.807) is 18.3 Å². The molecule has 0 saturated heterocycles. The van der Waals surface area contributed by atoms with Gasteiger partial charge in [-0.2, -0.15) is 5.10 Å². The van der Waals surface area contributed by atoms with Crippen molar-refractivity contribution in [2.45, 2.75) is 19.4 Å². The average molecular weight is 540 g/mol. The first-order chi connectivity index (χ1) is 14.2. The second kappa shape index (κ2) is 12.6. The third kappa shape index (κ3) is 7.30. The molecule has 1 atom stereocenters. The molecule has 3 aromatic rings. The van der Waals surface area contributed by atoms with Gasteiger partial charge in [-0.25, -0.2) is 4.68 Å². The first-order valence-electron chi connectivity index (χ1n) is 9.70. The summed E-state index contributed by atoms with van der Waals surface area (Å²) in [6, 6.07) is 17.4. The Morgan fingerprint density at radius 1 is 1.13 bits per heavy atom. The van der Waals surface area contributed by atoms with Crippen LogP contribution in [0.25, 0.3) is 5.69 Å². The fourth-order valence-corrected chi connectivity index (χ4v) is 3.00. The van der Waals surface area contributed by atoms with Gasteiger partial charge in [-0.05, 0) is 54.8 Å². The highest BCUT2D eigenvalue weighted by Gasteiger charge is 2.07. The van der Waals surface area contributed by atoms with Gasteiger partial charge in [0.1, 0.15) is 0 Å². The van der Waals surface area contributed by atoms with Crippen LogP contribution < -0.4 is 10.6 Å². The molecule has 0 fully saturated rings. The monoisotopic (exact) mass is 539 g/mol. The summed E-state index contributed by atoms with van der Waals surface area (Å²) < 4.78 is 1.84. The summed E-state index contributed by atoms with van der Waals surface area (Å²) in [6.45, 7) is 3.78. The van der Waals surface area contributed by atoms with Crippen molar-refractivity contribution in [3.8, 4) is 5.69 Å². The number of nitrogens with zero attached hydrogens (tertiary/aromatic N) is 3. The molecule has 0 saturated carbocycles. The van der Waals surface area contributed by atoms with Crippen LogP contribution in [0.2, 0.25) is 5.02 Å². The number of hydrogen-bond acceptors (Lipinski definition) is 3. The van der Waals surface area contributed by atoms with E-state index in [0.717, 1.165) is 30.8 Å². The van der Waals surface area contributed by atoms with E-state index in [-0.39, 0.29) is 30.5 Å². The quantitative estimate of drug-likeness (QED) is 0.230. The largest absolute Gasteiger partial charge is 0.386 e. The third-order valence-electron chi connectivity index (χ3n) is 4.43. The van der Waals surface area contributed by atoms with Gasteiger partial charge in [0.05, 0.1) is 18.3 Å². The van der Waals surface area contributed by atoms with Crippen LogP contribution in [0.15, 0.2) is 72.0 Å². The first kappa shape index (κ1) is 24.2. The Balaban J connectivity index is 0.00000320. The standard InChI is InChI=1S/C22H26ClN5O.HI/c1-2-24-22(26-16-21(29)18-6-8-19(23)9-7-18)25-14-12-17-4-10-20(11-5-17)28-15-3-13-27-28;/h3-11,13,15,21,29H,2,12,14,16H2,1H3,(H2,24,25,26);1H. The lowest BCUT2D eigenvalue weighted by atomic mass is 10.1. The molecule has 0 aliphatic heterocycles. The van der Waals surface area contributed by atoms with Crippen molar-refractivity contribution in [2.75, 3.05) is 19.6 Å². The maximum atomic E-state index is 10.3. The van der Waals surface area contributed by atoms with E-state index >= 15 is 0 Å². The predicted molar refractivity (Wildman–Crippen MR) is 133 cm³/mol. The number of guanidine groups is 1. The Labute approximate surface area is 199 Å². The van der Waals surface area contributed by atoms with Crippen LogP contribution in [0, 0.1) is 0 Å². The summed E-state index contributed by atoms with van der Waals surface area (Å²) in [4.78, 5) is 4.49. The minimum absolute atomic E-state index is 0. The average Bonchev–Trinajstić information content (AvgIpc) is 3.28. The molecule has 0 bridgehead atoms. The Hall–Kier alpha value is -2.10. The van der Waals surface area contributed by atoms with E-state index in [1.165, 1.54) is 5.56 Å². The maximum Gasteiger partial charge on any atom is 0.191 e. The van der Waals surface area contributed by atoms with E-state index in [2.05, 4.69) is 45.0 Å². The molecular weight excluding hydrogens is 513 g/mol. The highest BCUT2D eigenvalue weighted by Crippen LogP contribution is 2.16.